The lowest BCUT2D eigenvalue weighted by Gasteiger charge is -2.24. The van der Waals surface area contributed by atoms with Crippen molar-refractivity contribution in [3.05, 3.63) is 82.2 Å². The van der Waals surface area contributed by atoms with E-state index in [9.17, 15) is 8.42 Å². The second-order valence-corrected chi connectivity index (χ2v) is 10.9. The maximum absolute atomic E-state index is 10.9. The summed E-state index contributed by atoms with van der Waals surface area (Å²) in [5, 5.41) is 3.79. The molecule has 0 spiro atoms. The van der Waals surface area contributed by atoms with Crippen LogP contribution in [0.15, 0.2) is 49.1 Å². The Morgan fingerprint density at radius 2 is 1.97 bits per heavy atom. The molecule has 0 radical (unpaired) electrons. The third kappa shape index (κ3) is 5.56. The number of nitrogens with one attached hydrogen (secondary N) is 1. The minimum Gasteiger partial charge on any atom is -0.336 e. The number of halogens is 1. The molecule has 8 nitrogen and oxygen atoms in total. The van der Waals surface area contributed by atoms with Crippen molar-refractivity contribution in [3.8, 4) is 0 Å². The summed E-state index contributed by atoms with van der Waals surface area (Å²) < 4.78 is 25.2. The molecule has 3 N–H and O–H groups in total. The predicted molar refractivity (Wildman–Crippen MR) is 136 cm³/mol. The average Bonchev–Trinajstić information content (AvgIpc) is 3.18. The highest BCUT2D eigenvalue weighted by molar-refractivity contribution is 7.88. The van der Waals surface area contributed by atoms with Crippen molar-refractivity contribution in [3.63, 3.8) is 0 Å². The maximum atomic E-state index is 10.9. The van der Waals surface area contributed by atoms with E-state index >= 15 is 0 Å². The van der Waals surface area contributed by atoms with E-state index < -0.39 is 10.0 Å². The number of benzene rings is 1. The number of nitrogens with two attached hydrogens (primary N) is 1. The van der Waals surface area contributed by atoms with Crippen LogP contribution in [0.4, 0.5) is 0 Å². The topological polar surface area (TPSA) is 106 Å². The Morgan fingerprint density at radius 1 is 1.21 bits per heavy atom. The van der Waals surface area contributed by atoms with E-state index in [-0.39, 0.29) is 6.04 Å². The first-order valence-corrected chi connectivity index (χ1v) is 13.3. The van der Waals surface area contributed by atoms with Gasteiger partial charge in [0.25, 0.3) is 0 Å². The van der Waals surface area contributed by atoms with E-state index in [0.717, 1.165) is 47.6 Å². The molecule has 1 aliphatic carbocycles. The SMILES string of the molecule is CS(=O)(=O)N1CCNCC1.Cn1cncc1C(N)C1=Cc2cccnc2Cc2ccc(Cl)cc21. The van der Waals surface area contributed by atoms with Gasteiger partial charge in [-0.2, -0.15) is 4.31 Å². The van der Waals surface area contributed by atoms with E-state index in [0.29, 0.717) is 18.1 Å². The van der Waals surface area contributed by atoms with Crippen LogP contribution in [0.2, 0.25) is 5.02 Å². The van der Waals surface area contributed by atoms with Gasteiger partial charge in [-0.05, 0) is 46.5 Å². The molecule has 1 saturated heterocycles. The van der Waals surface area contributed by atoms with E-state index in [1.807, 2.05) is 42.2 Å². The molecule has 2 aliphatic rings. The quantitative estimate of drug-likeness (QED) is 0.572. The number of nitrogens with zero attached hydrogens (tertiary/aromatic N) is 4. The number of hydrogen-bond acceptors (Lipinski definition) is 6. The van der Waals surface area contributed by atoms with Crippen LogP contribution >= 0.6 is 11.6 Å². The largest absolute Gasteiger partial charge is 0.336 e. The zero-order valence-corrected chi connectivity index (χ0v) is 20.9. The highest BCUT2D eigenvalue weighted by Crippen LogP contribution is 2.37. The number of aryl methyl sites for hydroxylation is 1. The Labute approximate surface area is 205 Å². The van der Waals surface area contributed by atoms with E-state index in [4.69, 9.17) is 17.3 Å². The van der Waals surface area contributed by atoms with Crippen LogP contribution in [0.25, 0.3) is 11.6 Å². The van der Waals surface area contributed by atoms with Gasteiger partial charge in [-0.3, -0.25) is 4.98 Å². The van der Waals surface area contributed by atoms with Crippen molar-refractivity contribution in [1.82, 2.24) is 24.2 Å². The molecule has 5 rings (SSSR count). The van der Waals surface area contributed by atoms with Gasteiger partial charge < -0.3 is 15.6 Å². The lowest BCUT2D eigenvalue weighted by molar-refractivity contribution is 0.363. The molecule has 34 heavy (non-hydrogen) atoms. The van der Waals surface area contributed by atoms with Crippen LogP contribution in [-0.4, -0.2) is 59.7 Å². The third-order valence-electron chi connectivity index (χ3n) is 6.03. The number of imidazole rings is 1. The van der Waals surface area contributed by atoms with Crippen molar-refractivity contribution in [2.75, 3.05) is 32.4 Å². The first kappa shape index (κ1) is 24.6. The van der Waals surface area contributed by atoms with Gasteiger partial charge in [0.1, 0.15) is 0 Å². The molecule has 3 aromatic rings. The van der Waals surface area contributed by atoms with Crippen molar-refractivity contribution >= 4 is 33.3 Å². The first-order valence-electron chi connectivity index (χ1n) is 11.1. The molecule has 180 valence electrons. The minimum absolute atomic E-state index is 0.291. The number of sulfonamides is 1. The fraction of sp³-hybridized carbons (Fsp3) is 0.333. The van der Waals surface area contributed by atoms with Gasteiger partial charge in [-0.1, -0.05) is 23.7 Å². The predicted octanol–water partition coefficient (Wildman–Crippen LogP) is 2.46. The zero-order valence-electron chi connectivity index (χ0n) is 19.3. The Bertz CT molecular complexity index is 1300. The number of rotatable bonds is 3. The van der Waals surface area contributed by atoms with E-state index in [1.54, 1.807) is 6.33 Å². The van der Waals surface area contributed by atoms with Gasteiger partial charge in [0.2, 0.25) is 10.0 Å². The molecule has 10 heteroatoms. The van der Waals surface area contributed by atoms with Crippen LogP contribution in [-0.2, 0) is 23.5 Å². The summed E-state index contributed by atoms with van der Waals surface area (Å²) in [6, 6.07) is 9.70. The molecule has 0 saturated carbocycles. The molecule has 1 aromatic carbocycles. The van der Waals surface area contributed by atoms with Crippen LogP contribution in [0, 0.1) is 0 Å². The van der Waals surface area contributed by atoms with Crippen molar-refractivity contribution in [2.24, 2.45) is 12.8 Å². The summed E-state index contributed by atoms with van der Waals surface area (Å²) in [7, 11) is -0.980. The van der Waals surface area contributed by atoms with Gasteiger partial charge in [0.05, 0.1) is 36.2 Å². The Balaban J connectivity index is 0.000000231. The molecule has 0 bridgehead atoms. The normalized spacial score (nSPS) is 16.9. The van der Waals surface area contributed by atoms with E-state index in [1.165, 1.54) is 16.1 Å². The maximum Gasteiger partial charge on any atom is 0.211 e. The molecule has 1 fully saturated rings. The molecule has 3 heterocycles. The summed E-state index contributed by atoms with van der Waals surface area (Å²) in [6.07, 6.45) is 9.54. The van der Waals surface area contributed by atoms with Gasteiger partial charge in [-0.15, -0.1) is 0 Å². The molecule has 1 unspecified atom stereocenters. The third-order valence-corrected chi connectivity index (χ3v) is 7.57. The van der Waals surface area contributed by atoms with Gasteiger partial charge in [0.15, 0.2) is 0 Å². The molecule has 0 amide bonds. The lowest BCUT2D eigenvalue weighted by Crippen LogP contribution is -2.45. The highest BCUT2D eigenvalue weighted by atomic mass is 35.5. The fourth-order valence-electron chi connectivity index (χ4n) is 4.19. The lowest BCUT2D eigenvalue weighted by atomic mass is 9.92. The second-order valence-electron chi connectivity index (χ2n) is 8.44. The number of fused-ring (bicyclic) bond motifs is 2. The molecule has 1 aliphatic heterocycles. The van der Waals surface area contributed by atoms with Crippen LogP contribution in [0.5, 0.6) is 0 Å². The summed E-state index contributed by atoms with van der Waals surface area (Å²) in [6.45, 7) is 2.76. The fourth-order valence-corrected chi connectivity index (χ4v) is 5.20. The Hall–Kier alpha value is -2.56. The first-order chi connectivity index (χ1) is 16.2. The average molecular weight is 501 g/mol. The number of piperazine rings is 1. The van der Waals surface area contributed by atoms with Gasteiger partial charge >= 0.3 is 0 Å². The minimum atomic E-state index is -2.93. The second kappa shape index (κ2) is 10.4. The van der Waals surface area contributed by atoms with Crippen LogP contribution in [0.1, 0.15) is 34.1 Å². The molecule has 1 atom stereocenters. The summed E-state index contributed by atoms with van der Waals surface area (Å²) in [4.78, 5) is 8.73. The van der Waals surface area contributed by atoms with Crippen molar-refractivity contribution in [1.29, 1.82) is 0 Å². The summed E-state index contributed by atoms with van der Waals surface area (Å²) in [5.74, 6) is 0. The monoisotopic (exact) mass is 500 g/mol. The summed E-state index contributed by atoms with van der Waals surface area (Å²) >= 11 is 6.27. The molecular weight excluding hydrogens is 472 g/mol. The van der Waals surface area contributed by atoms with Crippen molar-refractivity contribution < 1.29 is 8.42 Å². The van der Waals surface area contributed by atoms with Crippen molar-refractivity contribution in [2.45, 2.75) is 12.5 Å². The standard InChI is InChI=1S/C19H17ClN4.C5H12N2O2S/c1-24-11-22-10-18(24)19(21)16-7-13-3-2-6-23-17(13)8-12-4-5-14(20)9-15(12)16;1-10(8,9)7-4-2-6-3-5-7/h2-7,9-11,19H,8,21H2,1H3;6H,2-5H2,1H3. The van der Waals surface area contributed by atoms with Crippen LogP contribution in [0.3, 0.4) is 0 Å². The van der Waals surface area contributed by atoms with Gasteiger partial charge in [-0.25, -0.2) is 13.4 Å². The Morgan fingerprint density at radius 3 is 2.62 bits per heavy atom. The summed E-state index contributed by atoms with van der Waals surface area (Å²) in [5.41, 5.74) is 13.0. The molecular formula is C24H29ClN6O2S. The smallest absolute Gasteiger partial charge is 0.211 e. The number of hydrogen-bond donors (Lipinski definition) is 2. The van der Waals surface area contributed by atoms with E-state index in [2.05, 4.69) is 33.5 Å². The highest BCUT2D eigenvalue weighted by Gasteiger charge is 2.23. The number of pyridine rings is 1. The van der Waals surface area contributed by atoms with Gasteiger partial charge in [0, 0.05) is 50.9 Å². The molecule has 2 aromatic heterocycles. The Kier molecular flexibility index (Phi) is 7.49. The zero-order chi connectivity index (χ0) is 24.3. The number of aromatic nitrogens is 3. The van der Waals surface area contributed by atoms with Crippen LogP contribution < -0.4 is 11.1 Å².